The number of hydrogen-bond acceptors (Lipinski definition) is 4. The molecule has 0 saturated carbocycles. The smallest absolute Gasteiger partial charge is 0.261 e. The molecule has 6 heteroatoms. The number of halogens is 1. The fraction of sp³-hybridized carbons (Fsp3) is 0.176. The molecule has 1 amide bonds. The number of ether oxygens (including phenoxy) is 1. The van der Waals surface area contributed by atoms with Gasteiger partial charge in [0.25, 0.3) is 5.91 Å². The van der Waals surface area contributed by atoms with Crippen molar-refractivity contribution in [1.29, 1.82) is 0 Å². The zero-order chi connectivity index (χ0) is 16.2. The summed E-state index contributed by atoms with van der Waals surface area (Å²) < 4.78 is 7.16. The largest absolute Gasteiger partial charge is 0.383 e. The maximum Gasteiger partial charge on any atom is 0.261 e. The van der Waals surface area contributed by atoms with E-state index in [1.54, 1.807) is 12.0 Å². The molecule has 1 aromatic heterocycles. The number of amides is 1. The lowest BCUT2D eigenvalue weighted by Gasteiger charge is -2.20. The second kappa shape index (κ2) is 7.37. The van der Waals surface area contributed by atoms with Crippen LogP contribution >= 0.6 is 33.9 Å². The minimum absolute atomic E-state index is 0.0499. The van der Waals surface area contributed by atoms with Gasteiger partial charge in [-0.1, -0.05) is 35.6 Å². The summed E-state index contributed by atoms with van der Waals surface area (Å²) in [5.41, 5.74) is 1.59. The maximum atomic E-state index is 13.0. The molecule has 0 unspecified atom stereocenters. The van der Waals surface area contributed by atoms with Gasteiger partial charge < -0.3 is 4.74 Å². The molecule has 1 heterocycles. The van der Waals surface area contributed by atoms with E-state index in [1.165, 1.54) is 11.3 Å². The highest BCUT2D eigenvalue weighted by Gasteiger charge is 2.22. The molecule has 2 aromatic carbocycles. The highest BCUT2D eigenvalue weighted by molar-refractivity contribution is 14.1. The number of carbonyl (C=O) groups excluding carboxylic acids is 1. The summed E-state index contributed by atoms with van der Waals surface area (Å²) in [6.07, 6.45) is 0. The highest BCUT2D eigenvalue weighted by Crippen LogP contribution is 2.30. The lowest BCUT2D eigenvalue weighted by molar-refractivity contribution is 0.0975. The van der Waals surface area contributed by atoms with E-state index in [2.05, 4.69) is 27.6 Å². The first kappa shape index (κ1) is 16.4. The number of benzene rings is 2. The van der Waals surface area contributed by atoms with Crippen LogP contribution in [0.4, 0.5) is 5.13 Å². The van der Waals surface area contributed by atoms with Crippen LogP contribution in [0.25, 0.3) is 10.2 Å². The normalized spacial score (nSPS) is 10.9. The minimum atomic E-state index is -0.0499. The number of carbonyl (C=O) groups is 1. The van der Waals surface area contributed by atoms with E-state index in [9.17, 15) is 4.79 Å². The predicted molar refractivity (Wildman–Crippen MR) is 102 cm³/mol. The summed E-state index contributed by atoms with van der Waals surface area (Å²) in [5.74, 6) is -0.0499. The lowest BCUT2D eigenvalue weighted by Crippen LogP contribution is -2.34. The summed E-state index contributed by atoms with van der Waals surface area (Å²) in [4.78, 5) is 19.3. The third-order valence-corrected chi connectivity index (χ3v) is 5.38. The summed E-state index contributed by atoms with van der Waals surface area (Å²) in [7, 11) is 1.63. The van der Waals surface area contributed by atoms with Gasteiger partial charge in [0.05, 0.1) is 28.9 Å². The number of para-hydroxylation sites is 1. The molecule has 0 N–H and O–H groups in total. The van der Waals surface area contributed by atoms with Crippen LogP contribution in [0.1, 0.15) is 10.4 Å². The quantitative estimate of drug-likeness (QED) is 0.561. The first-order valence-corrected chi connectivity index (χ1v) is 9.01. The molecular weight excluding hydrogens is 423 g/mol. The van der Waals surface area contributed by atoms with E-state index in [1.807, 2.05) is 48.5 Å². The molecule has 0 radical (unpaired) electrons. The monoisotopic (exact) mass is 438 g/mol. The third-order valence-electron chi connectivity index (χ3n) is 3.38. The van der Waals surface area contributed by atoms with Crippen molar-refractivity contribution in [2.24, 2.45) is 0 Å². The number of rotatable bonds is 5. The number of thiazole rings is 1. The Morgan fingerprint density at radius 2 is 1.96 bits per heavy atom. The Morgan fingerprint density at radius 3 is 2.70 bits per heavy atom. The number of aromatic nitrogens is 1. The molecule has 3 aromatic rings. The number of hydrogen-bond donors (Lipinski definition) is 0. The highest BCUT2D eigenvalue weighted by atomic mass is 127. The van der Waals surface area contributed by atoms with Crippen molar-refractivity contribution in [1.82, 2.24) is 4.98 Å². The fourth-order valence-corrected chi connectivity index (χ4v) is 3.83. The fourth-order valence-electron chi connectivity index (χ4n) is 2.22. The molecule has 23 heavy (non-hydrogen) atoms. The molecule has 0 spiro atoms. The van der Waals surface area contributed by atoms with Gasteiger partial charge in [0.2, 0.25) is 0 Å². The van der Waals surface area contributed by atoms with Crippen LogP contribution in [0.5, 0.6) is 0 Å². The van der Waals surface area contributed by atoms with Gasteiger partial charge in [-0.25, -0.2) is 4.98 Å². The molecule has 0 aliphatic heterocycles. The van der Waals surface area contributed by atoms with Crippen molar-refractivity contribution in [2.75, 3.05) is 25.2 Å². The Kier molecular flexibility index (Phi) is 5.24. The Balaban J connectivity index is 2.00. The third kappa shape index (κ3) is 3.54. The topological polar surface area (TPSA) is 42.4 Å². The van der Waals surface area contributed by atoms with Crippen molar-refractivity contribution in [2.45, 2.75) is 0 Å². The van der Waals surface area contributed by atoms with Gasteiger partial charge in [0, 0.05) is 10.7 Å². The first-order valence-electron chi connectivity index (χ1n) is 7.11. The maximum absolute atomic E-state index is 13.0. The van der Waals surface area contributed by atoms with Gasteiger partial charge in [-0.15, -0.1) is 0 Å². The second-order valence-corrected chi connectivity index (χ2v) is 7.06. The summed E-state index contributed by atoms with van der Waals surface area (Å²) in [6, 6.07) is 15.5. The van der Waals surface area contributed by atoms with Crippen molar-refractivity contribution in [3.8, 4) is 0 Å². The second-order valence-electron chi connectivity index (χ2n) is 4.89. The molecule has 0 aliphatic carbocycles. The van der Waals surface area contributed by atoms with Gasteiger partial charge in [0.15, 0.2) is 5.13 Å². The van der Waals surface area contributed by atoms with E-state index in [0.29, 0.717) is 23.8 Å². The summed E-state index contributed by atoms with van der Waals surface area (Å²) >= 11 is 3.71. The van der Waals surface area contributed by atoms with E-state index < -0.39 is 0 Å². The van der Waals surface area contributed by atoms with Crippen LogP contribution in [0, 0.1) is 3.57 Å². The Morgan fingerprint density at radius 1 is 1.22 bits per heavy atom. The molecule has 0 fully saturated rings. The van der Waals surface area contributed by atoms with Gasteiger partial charge in [-0.2, -0.15) is 0 Å². The van der Waals surface area contributed by atoms with Crippen LogP contribution in [-0.2, 0) is 4.74 Å². The molecular formula is C17H15IN2O2S. The molecule has 0 bridgehead atoms. The van der Waals surface area contributed by atoms with E-state index in [0.717, 1.165) is 13.8 Å². The number of fused-ring (bicyclic) bond motifs is 1. The standard InChI is InChI=1S/C17H15IN2O2S/c1-22-11-10-20(16(21)12-6-2-3-7-13(12)18)17-19-14-8-4-5-9-15(14)23-17/h2-9H,10-11H2,1H3. The average Bonchev–Trinajstić information content (AvgIpc) is 2.99. The number of methoxy groups -OCH3 is 1. The van der Waals surface area contributed by atoms with Gasteiger partial charge >= 0.3 is 0 Å². The van der Waals surface area contributed by atoms with Gasteiger partial charge in [-0.05, 0) is 46.9 Å². The summed E-state index contributed by atoms with van der Waals surface area (Å²) in [6.45, 7) is 0.936. The van der Waals surface area contributed by atoms with Crippen molar-refractivity contribution >= 4 is 55.2 Å². The molecule has 0 saturated heterocycles. The SMILES string of the molecule is COCCN(C(=O)c1ccccc1I)c1nc2ccccc2s1. The number of nitrogens with zero attached hydrogens (tertiary/aromatic N) is 2. The van der Waals surface area contributed by atoms with Crippen LogP contribution in [0.15, 0.2) is 48.5 Å². The minimum Gasteiger partial charge on any atom is -0.383 e. The van der Waals surface area contributed by atoms with E-state index in [4.69, 9.17) is 4.74 Å². The summed E-state index contributed by atoms with van der Waals surface area (Å²) in [5, 5.41) is 0.702. The Bertz CT molecular complexity index is 801. The van der Waals surface area contributed by atoms with Crippen molar-refractivity contribution in [3.05, 3.63) is 57.7 Å². The average molecular weight is 438 g/mol. The van der Waals surface area contributed by atoms with Crippen LogP contribution in [0.3, 0.4) is 0 Å². The molecule has 3 rings (SSSR count). The zero-order valence-electron chi connectivity index (χ0n) is 12.5. The first-order chi connectivity index (χ1) is 11.2. The molecule has 4 nitrogen and oxygen atoms in total. The molecule has 118 valence electrons. The number of anilines is 1. The van der Waals surface area contributed by atoms with Gasteiger partial charge in [-0.3, -0.25) is 9.69 Å². The molecule has 0 atom stereocenters. The Hall–Kier alpha value is -1.51. The van der Waals surface area contributed by atoms with Crippen molar-refractivity contribution in [3.63, 3.8) is 0 Å². The molecule has 0 aliphatic rings. The van der Waals surface area contributed by atoms with Crippen molar-refractivity contribution < 1.29 is 9.53 Å². The lowest BCUT2D eigenvalue weighted by atomic mass is 10.2. The van der Waals surface area contributed by atoms with Crippen LogP contribution in [-0.4, -0.2) is 31.2 Å². The predicted octanol–water partition coefficient (Wildman–Crippen LogP) is 4.19. The Labute approximate surface area is 152 Å². The van der Waals surface area contributed by atoms with Crippen LogP contribution in [0.2, 0.25) is 0 Å². The van der Waals surface area contributed by atoms with E-state index in [-0.39, 0.29) is 5.91 Å². The van der Waals surface area contributed by atoms with Crippen LogP contribution < -0.4 is 4.90 Å². The zero-order valence-corrected chi connectivity index (χ0v) is 15.5. The van der Waals surface area contributed by atoms with Gasteiger partial charge in [0.1, 0.15) is 0 Å². The van der Waals surface area contributed by atoms with E-state index >= 15 is 0 Å².